The lowest BCUT2D eigenvalue weighted by Gasteiger charge is -2.38. The van der Waals surface area contributed by atoms with Gasteiger partial charge in [-0.1, -0.05) is 73.8 Å². The van der Waals surface area contributed by atoms with E-state index in [2.05, 4.69) is 50.1 Å². The highest BCUT2D eigenvalue weighted by Gasteiger charge is 2.41. The molecule has 0 spiro atoms. The molecule has 140 valence electrons. The van der Waals surface area contributed by atoms with Gasteiger partial charge in [-0.2, -0.15) is 5.10 Å². The molecule has 0 radical (unpaired) electrons. The molecule has 0 fully saturated rings. The van der Waals surface area contributed by atoms with Gasteiger partial charge in [0.2, 0.25) is 6.23 Å². The van der Waals surface area contributed by atoms with Gasteiger partial charge in [0, 0.05) is 31.5 Å². The summed E-state index contributed by atoms with van der Waals surface area (Å²) >= 11 is 13.6. The van der Waals surface area contributed by atoms with E-state index in [4.69, 9.17) is 21.4 Å². The van der Waals surface area contributed by atoms with Crippen LogP contribution in [0, 0.1) is 0 Å². The predicted molar refractivity (Wildman–Crippen MR) is 119 cm³/mol. The Morgan fingerprint density at radius 2 is 1.68 bits per heavy atom. The van der Waals surface area contributed by atoms with E-state index in [1.807, 2.05) is 53.5 Å². The Labute approximate surface area is 185 Å². The monoisotopic (exact) mass is 516 g/mol. The number of rotatable bonds is 2. The molecular formula is C22H15Br2ClN2O. The van der Waals surface area contributed by atoms with Crippen molar-refractivity contribution in [1.82, 2.24) is 5.01 Å². The summed E-state index contributed by atoms with van der Waals surface area (Å²) in [7, 11) is 0. The summed E-state index contributed by atoms with van der Waals surface area (Å²) in [6.45, 7) is 0. The molecule has 28 heavy (non-hydrogen) atoms. The number of hydrogen-bond acceptors (Lipinski definition) is 3. The molecule has 3 nitrogen and oxygen atoms in total. The van der Waals surface area contributed by atoms with Crippen molar-refractivity contribution >= 4 is 49.2 Å². The van der Waals surface area contributed by atoms with Gasteiger partial charge in [-0.3, -0.25) is 0 Å². The Bertz CT molecular complexity index is 1080. The largest absolute Gasteiger partial charge is 0.464 e. The van der Waals surface area contributed by atoms with Gasteiger partial charge in [-0.25, -0.2) is 5.01 Å². The molecule has 0 unspecified atom stereocenters. The lowest BCUT2D eigenvalue weighted by molar-refractivity contribution is -0.0190. The molecule has 5 rings (SSSR count). The molecule has 0 saturated heterocycles. The number of ether oxygens (including phenoxy) is 1. The van der Waals surface area contributed by atoms with Crippen molar-refractivity contribution < 1.29 is 4.74 Å². The van der Waals surface area contributed by atoms with Crippen molar-refractivity contribution in [3.05, 3.63) is 97.4 Å². The Balaban J connectivity index is 1.62. The zero-order valence-corrected chi connectivity index (χ0v) is 18.6. The molecule has 3 aromatic rings. The van der Waals surface area contributed by atoms with E-state index in [9.17, 15) is 0 Å². The fourth-order valence-corrected chi connectivity index (χ4v) is 4.63. The van der Waals surface area contributed by atoms with Crippen LogP contribution in [0.2, 0.25) is 5.02 Å². The Morgan fingerprint density at radius 3 is 2.46 bits per heavy atom. The number of benzene rings is 3. The van der Waals surface area contributed by atoms with Crippen LogP contribution < -0.4 is 4.74 Å². The summed E-state index contributed by atoms with van der Waals surface area (Å²) in [4.78, 5) is 0. The van der Waals surface area contributed by atoms with Crippen molar-refractivity contribution in [2.75, 3.05) is 0 Å². The quantitative estimate of drug-likeness (QED) is 0.361. The van der Waals surface area contributed by atoms with Gasteiger partial charge in [0.25, 0.3) is 0 Å². The van der Waals surface area contributed by atoms with Crippen LogP contribution in [0.25, 0.3) is 0 Å². The van der Waals surface area contributed by atoms with Gasteiger partial charge >= 0.3 is 0 Å². The summed E-state index contributed by atoms with van der Waals surface area (Å²) in [6.07, 6.45) is 0.454. The molecule has 2 aliphatic heterocycles. The van der Waals surface area contributed by atoms with E-state index in [0.717, 1.165) is 43.5 Å². The van der Waals surface area contributed by atoms with Crippen molar-refractivity contribution in [2.45, 2.75) is 18.7 Å². The molecule has 2 aliphatic rings. The van der Waals surface area contributed by atoms with Crippen LogP contribution >= 0.6 is 43.5 Å². The lowest BCUT2D eigenvalue weighted by Crippen LogP contribution is -2.33. The maximum absolute atomic E-state index is 6.50. The van der Waals surface area contributed by atoms with E-state index >= 15 is 0 Å². The maximum atomic E-state index is 6.50. The highest BCUT2D eigenvalue weighted by molar-refractivity contribution is 9.10. The van der Waals surface area contributed by atoms with Crippen LogP contribution in [0.15, 0.2) is 80.8 Å². The molecule has 0 aliphatic carbocycles. The van der Waals surface area contributed by atoms with Gasteiger partial charge in [0.05, 0.1) is 11.8 Å². The first-order chi connectivity index (χ1) is 13.6. The summed E-state index contributed by atoms with van der Waals surface area (Å²) in [5.41, 5.74) is 4.22. The zero-order valence-electron chi connectivity index (χ0n) is 14.6. The summed E-state index contributed by atoms with van der Waals surface area (Å²) < 4.78 is 8.46. The first-order valence-corrected chi connectivity index (χ1v) is 10.9. The smallest absolute Gasteiger partial charge is 0.215 e. The number of halogens is 3. The average Bonchev–Trinajstić information content (AvgIpc) is 3.14. The molecular weight excluding hydrogens is 504 g/mol. The van der Waals surface area contributed by atoms with Gasteiger partial charge in [-0.05, 0) is 42.0 Å². The van der Waals surface area contributed by atoms with Crippen molar-refractivity contribution in [2.24, 2.45) is 5.10 Å². The van der Waals surface area contributed by atoms with Crippen LogP contribution in [0.4, 0.5) is 0 Å². The fraction of sp³-hybridized carbons (Fsp3) is 0.136. The van der Waals surface area contributed by atoms with Gasteiger partial charge < -0.3 is 4.74 Å². The van der Waals surface area contributed by atoms with Gasteiger partial charge in [0.1, 0.15) is 5.75 Å². The van der Waals surface area contributed by atoms with Crippen molar-refractivity contribution in [3.8, 4) is 5.75 Å². The summed E-state index contributed by atoms with van der Waals surface area (Å²) in [5.74, 6) is 0.877. The molecule has 2 atom stereocenters. The second-order valence-electron chi connectivity index (χ2n) is 6.83. The Hall–Kier alpha value is -1.82. The zero-order chi connectivity index (χ0) is 19.3. The molecule has 0 amide bonds. The minimum absolute atomic E-state index is 0.0983. The third kappa shape index (κ3) is 3.15. The molecule has 6 heteroatoms. The third-order valence-electron chi connectivity index (χ3n) is 5.10. The number of hydrazone groups is 1. The molecule has 2 heterocycles. The minimum atomic E-state index is -0.361. The summed E-state index contributed by atoms with van der Waals surface area (Å²) in [6, 6.07) is 22.3. The van der Waals surface area contributed by atoms with Crippen LogP contribution in [0.3, 0.4) is 0 Å². The predicted octanol–water partition coefficient (Wildman–Crippen LogP) is 7.11. The van der Waals surface area contributed by atoms with E-state index in [-0.39, 0.29) is 12.3 Å². The first-order valence-electron chi connectivity index (χ1n) is 8.92. The minimum Gasteiger partial charge on any atom is -0.464 e. The standard InChI is InChI=1S/C22H15Br2ClN2O/c23-14-7-5-13(6-8-14)19-12-20-17-11-15(24)9-10-21(17)28-22(27(20)26-19)16-3-1-2-4-18(16)25/h1-11,20,22H,12H2/t20-,22+/m0/s1. The average molecular weight is 519 g/mol. The number of fused-ring (bicyclic) bond motifs is 3. The fourth-order valence-electron chi connectivity index (χ4n) is 3.76. The SMILES string of the molecule is Clc1ccccc1[C@H]1Oc2ccc(Br)cc2[C@@H]2CC(c3ccc(Br)cc3)=NN12. The van der Waals surface area contributed by atoms with E-state index < -0.39 is 0 Å². The molecule has 0 N–H and O–H groups in total. The topological polar surface area (TPSA) is 24.8 Å². The highest BCUT2D eigenvalue weighted by Crippen LogP contribution is 2.49. The maximum Gasteiger partial charge on any atom is 0.215 e. The molecule has 0 saturated carbocycles. The van der Waals surface area contributed by atoms with Crippen LogP contribution in [0.5, 0.6) is 5.75 Å². The molecule has 3 aromatic carbocycles. The molecule has 0 bridgehead atoms. The second kappa shape index (κ2) is 7.21. The van der Waals surface area contributed by atoms with Crippen LogP contribution in [-0.4, -0.2) is 10.7 Å². The van der Waals surface area contributed by atoms with Crippen LogP contribution in [0.1, 0.15) is 35.4 Å². The highest BCUT2D eigenvalue weighted by atomic mass is 79.9. The Kier molecular flexibility index (Phi) is 4.69. The number of nitrogens with zero attached hydrogens (tertiary/aromatic N) is 2. The van der Waals surface area contributed by atoms with Gasteiger partial charge in [-0.15, -0.1) is 0 Å². The van der Waals surface area contributed by atoms with E-state index in [1.165, 1.54) is 0 Å². The first kappa shape index (κ1) is 18.2. The van der Waals surface area contributed by atoms with E-state index in [1.54, 1.807) is 0 Å². The molecule has 0 aromatic heterocycles. The van der Waals surface area contributed by atoms with Crippen LogP contribution in [-0.2, 0) is 0 Å². The summed E-state index contributed by atoms with van der Waals surface area (Å²) in [5, 5.41) is 7.70. The normalized spacial score (nSPS) is 20.2. The second-order valence-corrected chi connectivity index (χ2v) is 9.07. The lowest BCUT2D eigenvalue weighted by atomic mass is 9.96. The van der Waals surface area contributed by atoms with E-state index in [0.29, 0.717) is 5.02 Å². The Morgan fingerprint density at radius 1 is 0.929 bits per heavy atom. The number of hydrogen-bond donors (Lipinski definition) is 0. The van der Waals surface area contributed by atoms with Gasteiger partial charge in [0.15, 0.2) is 0 Å². The van der Waals surface area contributed by atoms with Crippen molar-refractivity contribution in [3.63, 3.8) is 0 Å². The third-order valence-corrected chi connectivity index (χ3v) is 6.47. The van der Waals surface area contributed by atoms with Crippen molar-refractivity contribution in [1.29, 1.82) is 0 Å².